The normalized spacial score (nSPS) is 10.1. The largest absolute Gasteiger partial charge is 0.496 e. The molecular formula is C17H19NO3. The van der Waals surface area contributed by atoms with Crippen molar-refractivity contribution in [2.24, 2.45) is 0 Å². The van der Waals surface area contributed by atoms with Gasteiger partial charge in [-0.3, -0.25) is 0 Å². The van der Waals surface area contributed by atoms with Crippen LogP contribution in [-0.2, 0) is 6.42 Å². The molecule has 2 aromatic rings. The van der Waals surface area contributed by atoms with Crippen LogP contribution < -0.4 is 10.1 Å². The van der Waals surface area contributed by atoms with Gasteiger partial charge in [0.2, 0.25) is 0 Å². The molecule has 2 aromatic carbocycles. The third-order valence-corrected chi connectivity index (χ3v) is 3.28. The maximum Gasteiger partial charge on any atom is 0.335 e. The summed E-state index contributed by atoms with van der Waals surface area (Å²) in [7, 11) is 1.68. The van der Waals surface area contributed by atoms with Crippen LogP contribution in [0.15, 0.2) is 48.5 Å². The van der Waals surface area contributed by atoms with Gasteiger partial charge < -0.3 is 15.2 Å². The van der Waals surface area contributed by atoms with E-state index >= 15 is 0 Å². The fraction of sp³-hybridized carbons (Fsp3) is 0.235. The molecule has 0 saturated carbocycles. The number of hydrogen-bond donors (Lipinski definition) is 2. The van der Waals surface area contributed by atoms with Crippen molar-refractivity contribution in [2.75, 3.05) is 19.0 Å². The molecule has 0 saturated heterocycles. The Morgan fingerprint density at radius 2 is 1.86 bits per heavy atom. The molecule has 2 N–H and O–H groups in total. The molecule has 2 rings (SSSR count). The average Bonchev–Trinajstić information content (AvgIpc) is 2.52. The average molecular weight is 285 g/mol. The lowest BCUT2D eigenvalue weighted by Gasteiger charge is -2.09. The van der Waals surface area contributed by atoms with Crippen molar-refractivity contribution in [1.29, 1.82) is 0 Å². The molecule has 0 aliphatic rings. The van der Waals surface area contributed by atoms with Crippen LogP contribution in [0.4, 0.5) is 5.69 Å². The summed E-state index contributed by atoms with van der Waals surface area (Å²) in [5, 5.41) is 12.1. The lowest BCUT2D eigenvalue weighted by molar-refractivity contribution is 0.0697. The Balaban J connectivity index is 1.80. The van der Waals surface area contributed by atoms with E-state index in [0.717, 1.165) is 30.8 Å². The Morgan fingerprint density at radius 3 is 2.52 bits per heavy atom. The molecular weight excluding hydrogens is 266 g/mol. The van der Waals surface area contributed by atoms with Crippen molar-refractivity contribution < 1.29 is 14.6 Å². The summed E-state index contributed by atoms with van der Waals surface area (Å²) in [5.74, 6) is 0.0148. The standard InChI is InChI=1S/C17H19NO3/c1-21-16-7-3-2-5-13(16)6-4-12-18-15-10-8-14(9-11-15)17(19)20/h2-3,5,7-11,18H,4,6,12H2,1H3,(H,19,20). The lowest BCUT2D eigenvalue weighted by atomic mass is 10.1. The van der Waals surface area contributed by atoms with Gasteiger partial charge in [0, 0.05) is 12.2 Å². The Hall–Kier alpha value is -2.49. The third kappa shape index (κ3) is 4.24. The zero-order valence-corrected chi connectivity index (χ0v) is 12.0. The molecule has 0 bridgehead atoms. The fourth-order valence-corrected chi connectivity index (χ4v) is 2.15. The monoisotopic (exact) mass is 285 g/mol. The highest BCUT2D eigenvalue weighted by molar-refractivity contribution is 5.87. The number of nitrogens with one attached hydrogen (secondary N) is 1. The zero-order chi connectivity index (χ0) is 15.1. The van der Waals surface area contributed by atoms with Crippen molar-refractivity contribution in [3.8, 4) is 5.75 Å². The van der Waals surface area contributed by atoms with Crippen molar-refractivity contribution in [3.05, 3.63) is 59.7 Å². The van der Waals surface area contributed by atoms with Crippen molar-refractivity contribution >= 4 is 11.7 Å². The van der Waals surface area contributed by atoms with E-state index in [1.807, 2.05) is 18.2 Å². The summed E-state index contributed by atoms with van der Waals surface area (Å²) in [6.45, 7) is 0.824. The number of hydrogen-bond acceptors (Lipinski definition) is 3. The van der Waals surface area contributed by atoms with Crippen LogP contribution in [0.3, 0.4) is 0 Å². The maximum absolute atomic E-state index is 10.8. The number of carboxylic acids is 1. The molecule has 110 valence electrons. The number of carbonyl (C=O) groups is 1. The van der Waals surface area contributed by atoms with Crippen LogP contribution in [0.1, 0.15) is 22.3 Å². The number of anilines is 1. The molecule has 21 heavy (non-hydrogen) atoms. The first kappa shape index (κ1) is 14.9. The SMILES string of the molecule is COc1ccccc1CCCNc1ccc(C(=O)O)cc1. The molecule has 0 aliphatic carbocycles. The van der Waals surface area contributed by atoms with E-state index in [2.05, 4.69) is 11.4 Å². The number of aromatic carboxylic acids is 1. The van der Waals surface area contributed by atoms with E-state index in [1.165, 1.54) is 5.56 Å². The topological polar surface area (TPSA) is 58.6 Å². The Morgan fingerprint density at radius 1 is 1.14 bits per heavy atom. The summed E-state index contributed by atoms with van der Waals surface area (Å²) in [6.07, 6.45) is 1.91. The molecule has 0 aliphatic heterocycles. The molecule has 0 amide bonds. The van der Waals surface area contributed by atoms with Gasteiger partial charge >= 0.3 is 5.97 Å². The molecule has 0 fully saturated rings. The first-order chi connectivity index (χ1) is 10.2. The number of methoxy groups -OCH3 is 1. The molecule has 0 unspecified atom stereocenters. The highest BCUT2D eigenvalue weighted by Gasteiger charge is 2.02. The summed E-state index contributed by atoms with van der Waals surface area (Å²) < 4.78 is 5.32. The second-order valence-electron chi connectivity index (χ2n) is 4.72. The maximum atomic E-state index is 10.8. The molecule has 4 nitrogen and oxygen atoms in total. The van der Waals surface area contributed by atoms with Gasteiger partial charge in [-0.05, 0) is 48.7 Å². The van der Waals surface area contributed by atoms with E-state index < -0.39 is 5.97 Å². The van der Waals surface area contributed by atoms with Crippen LogP contribution in [0.25, 0.3) is 0 Å². The van der Waals surface area contributed by atoms with E-state index in [4.69, 9.17) is 9.84 Å². The van der Waals surface area contributed by atoms with Crippen LogP contribution in [0.2, 0.25) is 0 Å². The zero-order valence-electron chi connectivity index (χ0n) is 12.0. The van der Waals surface area contributed by atoms with Gasteiger partial charge in [0.1, 0.15) is 5.75 Å². The predicted molar refractivity (Wildman–Crippen MR) is 83.2 cm³/mol. The van der Waals surface area contributed by atoms with Crippen LogP contribution in [-0.4, -0.2) is 24.7 Å². The minimum absolute atomic E-state index is 0.301. The first-order valence-electron chi connectivity index (χ1n) is 6.90. The molecule has 0 radical (unpaired) electrons. The minimum atomic E-state index is -0.905. The molecule has 0 aromatic heterocycles. The highest BCUT2D eigenvalue weighted by atomic mass is 16.5. The Bertz CT molecular complexity index is 593. The van der Waals surface area contributed by atoms with E-state index in [0.29, 0.717) is 5.56 Å². The Kier molecular flexibility index (Phi) is 5.21. The van der Waals surface area contributed by atoms with Gasteiger partial charge in [0.25, 0.3) is 0 Å². The summed E-state index contributed by atoms with van der Waals surface area (Å²) in [4.78, 5) is 10.8. The van der Waals surface area contributed by atoms with Crippen molar-refractivity contribution in [2.45, 2.75) is 12.8 Å². The van der Waals surface area contributed by atoms with Gasteiger partial charge in [0.05, 0.1) is 12.7 Å². The summed E-state index contributed by atoms with van der Waals surface area (Å²) >= 11 is 0. The number of aryl methyl sites for hydroxylation is 1. The quantitative estimate of drug-likeness (QED) is 0.765. The van der Waals surface area contributed by atoms with E-state index in [1.54, 1.807) is 31.4 Å². The minimum Gasteiger partial charge on any atom is -0.496 e. The highest BCUT2D eigenvalue weighted by Crippen LogP contribution is 2.19. The number of benzene rings is 2. The molecule has 0 heterocycles. The first-order valence-corrected chi connectivity index (χ1v) is 6.90. The second-order valence-corrected chi connectivity index (χ2v) is 4.72. The van der Waals surface area contributed by atoms with Gasteiger partial charge in [-0.15, -0.1) is 0 Å². The van der Waals surface area contributed by atoms with Gasteiger partial charge in [0.15, 0.2) is 0 Å². The van der Waals surface area contributed by atoms with Gasteiger partial charge in [-0.1, -0.05) is 18.2 Å². The summed E-state index contributed by atoms with van der Waals surface area (Å²) in [5.41, 5.74) is 2.43. The van der Waals surface area contributed by atoms with E-state index in [9.17, 15) is 4.79 Å². The fourth-order valence-electron chi connectivity index (χ4n) is 2.15. The van der Waals surface area contributed by atoms with Crippen LogP contribution in [0, 0.1) is 0 Å². The van der Waals surface area contributed by atoms with Crippen molar-refractivity contribution in [3.63, 3.8) is 0 Å². The number of ether oxygens (including phenoxy) is 1. The third-order valence-electron chi connectivity index (χ3n) is 3.28. The number of para-hydroxylation sites is 1. The molecule has 0 spiro atoms. The van der Waals surface area contributed by atoms with Crippen molar-refractivity contribution in [1.82, 2.24) is 0 Å². The van der Waals surface area contributed by atoms with E-state index in [-0.39, 0.29) is 0 Å². The van der Waals surface area contributed by atoms with Gasteiger partial charge in [-0.2, -0.15) is 0 Å². The number of rotatable bonds is 7. The second kappa shape index (κ2) is 7.33. The predicted octanol–water partition coefficient (Wildman–Crippen LogP) is 3.44. The molecule has 4 heteroatoms. The Labute approximate surface area is 124 Å². The summed E-state index contributed by atoms with van der Waals surface area (Å²) in [6, 6.07) is 14.8. The number of carboxylic acid groups (broad SMARTS) is 1. The van der Waals surface area contributed by atoms with Gasteiger partial charge in [-0.25, -0.2) is 4.79 Å². The van der Waals surface area contributed by atoms with Crippen LogP contribution >= 0.6 is 0 Å². The smallest absolute Gasteiger partial charge is 0.335 e. The molecule has 0 atom stereocenters. The lowest BCUT2D eigenvalue weighted by Crippen LogP contribution is -2.04. The van der Waals surface area contributed by atoms with Crippen LogP contribution in [0.5, 0.6) is 5.75 Å².